The first kappa shape index (κ1) is 16.0. The maximum atomic E-state index is 11.9. The van der Waals surface area contributed by atoms with Crippen molar-refractivity contribution in [3.63, 3.8) is 0 Å². The van der Waals surface area contributed by atoms with Gasteiger partial charge in [0.05, 0.1) is 0 Å². The van der Waals surface area contributed by atoms with Crippen LogP contribution in [0.25, 0.3) is 0 Å². The van der Waals surface area contributed by atoms with Crippen LogP contribution in [0.3, 0.4) is 0 Å². The second-order valence-corrected chi connectivity index (χ2v) is 3.40. The molecule has 0 saturated carbocycles. The SMILES string of the molecule is O=C1OCC(OC(=O)C(F)(F)F)C1OC(=O)C(F)(F)F. The van der Waals surface area contributed by atoms with Crippen LogP contribution in [0.5, 0.6) is 0 Å². The summed E-state index contributed by atoms with van der Waals surface area (Å²) in [7, 11) is 0. The molecule has 0 radical (unpaired) electrons. The van der Waals surface area contributed by atoms with Crippen LogP contribution in [0.15, 0.2) is 0 Å². The minimum absolute atomic E-state index is 0.962. The van der Waals surface area contributed by atoms with Crippen LogP contribution in [0.2, 0.25) is 0 Å². The van der Waals surface area contributed by atoms with Crippen molar-refractivity contribution in [3.05, 3.63) is 0 Å². The lowest BCUT2D eigenvalue weighted by Crippen LogP contribution is -2.41. The molecule has 2 unspecified atom stereocenters. The molecule has 12 heteroatoms. The van der Waals surface area contributed by atoms with Crippen LogP contribution in [-0.4, -0.2) is 49.1 Å². The van der Waals surface area contributed by atoms with Gasteiger partial charge in [-0.15, -0.1) is 0 Å². The van der Waals surface area contributed by atoms with Gasteiger partial charge in [-0.25, -0.2) is 14.4 Å². The Morgan fingerprint density at radius 2 is 1.45 bits per heavy atom. The van der Waals surface area contributed by atoms with Gasteiger partial charge in [-0.1, -0.05) is 0 Å². The number of hydrogen-bond donors (Lipinski definition) is 0. The number of hydrogen-bond acceptors (Lipinski definition) is 6. The van der Waals surface area contributed by atoms with Crippen LogP contribution >= 0.6 is 0 Å². The molecule has 1 rings (SSSR count). The van der Waals surface area contributed by atoms with Crippen LogP contribution in [0, 0.1) is 0 Å². The lowest BCUT2D eigenvalue weighted by atomic mass is 10.2. The van der Waals surface area contributed by atoms with Gasteiger partial charge in [0, 0.05) is 0 Å². The van der Waals surface area contributed by atoms with E-state index < -0.39 is 49.1 Å². The Morgan fingerprint density at radius 3 is 1.90 bits per heavy atom. The fourth-order valence-electron chi connectivity index (χ4n) is 1.09. The lowest BCUT2D eigenvalue weighted by Gasteiger charge is -2.17. The largest absolute Gasteiger partial charge is 0.490 e. The van der Waals surface area contributed by atoms with Crippen molar-refractivity contribution in [2.45, 2.75) is 24.6 Å². The van der Waals surface area contributed by atoms with E-state index in [1.165, 1.54) is 0 Å². The number of alkyl halides is 6. The Kier molecular flexibility index (Phi) is 4.15. The molecule has 1 saturated heterocycles. The molecule has 0 N–H and O–H groups in total. The number of ether oxygens (including phenoxy) is 3. The summed E-state index contributed by atoms with van der Waals surface area (Å²) in [6.45, 7) is -0.962. The molecule has 6 nitrogen and oxygen atoms in total. The smallest absolute Gasteiger partial charge is 0.459 e. The van der Waals surface area contributed by atoms with E-state index in [2.05, 4.69) is 14.2 Å². The van der Waals surface area contributed by atoms with Crippen molar-refractivity contribution in [1.29, 1.82) is 0 Å². The van der Waals surface area contributed by atoms with Gasteiger partial charge in [0.2, 0.25) is 6.10 Å². The molecule has 0 bridgehead atoms. The van der Waals surface area contributed by atoms with Crippen LogP contribution < -0.4 is 0 Å². The minimum atomic E-state index is -5.47. The van der Waals surface area contributed by atoms with Gasteiger partial charge >= 0.3 is 30.3 Å². The Morgan fingerprint density at radius 1 is 1.00 bits per heavy atom. The van der Waals surface area contributed by atoms with E-state index >= 15 is 0 Å². The first-order valence-corrected chi connectivity index (χ1v) is 4.65. The molecule has 0 aromatic rings. The number of carbonyl (C=O) groups is 3. The zero-order chi connectivity index (χ0) is 15.7. The van der Waals surface area contributed by atoms with E-state index in [0.29, 0.717) is 0 Å². The van der Waals surface area contributed by atoms with Gasteiger partial charge in [0.1, 0.15) is 6.61 Å². The zero-order valence-corrected chi connectivity index (χ0v) is 9.08. The fraction of sp³-hybridized carbons (Fsp3) is 0.625. The number of esters is 3. The summed E-state index contributed by atoms with van der Waals surface area (Å²) in [6, 6.07) is 0. The van der Waals surface area contributed by atoms with Crippen molar-refractivity contribution in [2.24, 2.45) is 0 Å². The standard InChI is InChI=1S/C8H4F6O6/c9-7(10,11)5(16)19-2-1-18-4(15)3(2)20-6(17)8(12,13)14/h2-3H,1H2. The van der Waals surface area contributed by atoms with Gasteiger partial charge in [-0.2, -0.15) is 26.3 Å². The first-order valence-electron chi connectivity index (χ1n) is 4.65. The first-order chi connectivity index (χ1) is 8.93. The quantitative estimate of drug-likeness (QED) is 0.420. The monoisotopic (exact) mass is 310 g/mol. The number of carbonyl (C=O) groups excluding carboxylic acids is 3. The summed E-state index contributed by atoms with van der Waals surface area (Å²) in [5, 5.41) is 0. The van der Waals surface area contributed by atoms with Gasteiger partial charge in [0.15, 0.2) is 6.10 Å². The van der Waals surface area contributed by atoms with E-state index in [9.17, 15) is 40.7 Å². The number of cyclic esters (lactones) is 1. The molecule has 1 fully saturated rings. The molecule has 1 aliphatic rings. The lowest BCUT2D eigenvalue weighted by molar-refractivity contribution is -0.217. The van der Waals surface area contributed by atoms with Gasteiger partial charge in [-0.3, -0.25) is 0 Å². The van der Waals surface area contributed by atoms with E-state index in [1.807, 2.05) is 0 Å². The molecule has 1 heterocycles. The highest BCUT2D eigenvalue weighted by atomic mass is 19.4. The zero-order valence-electron chi connectivity index (χ0n) is 9.08. The van der Waals surface area contributed by atoms with E-state index in [-0.39, 0.29) is 0 Å². The normalized spacial score (nSPS) is 23.2. The van der Waals surface area contributed by atoms with Crippen LogP contribution in [0.4, 0.5) is 26.3 Å². The van der Waals surface area contributed by atoms with Crippen molar-refractivity contribution < 1.29 is 54.9 Å². The molecule has 2 atom stereocenters. The van der Waals surface area contributed by atoms with E-state index in [1.54, 1.807) is 0 Å². The molecule has 0 aliphatic carbocycles. The summed E-state index contributed by atoms with van der Waals surface area (Å²) in [6.07, 6.45) is -15.4. The van der Waals surface area contributed by atoms with Crippen molar-refractivity contribution >= 4 is 17.9 Å². The van der Waals surface area contributed by atoms with E-state index in [0.717, 1.165) is 0 Å². The van der Waals surface area contributed by atoms with Crippen molar-refractivity contribution in [2.75, 3.05) is 6.61 Å². The second-order valence-electron chi connectivity index (χ2n) is 3.40. The predicted octanol–water partition coefficient (Wildman–Crippen LogP) is 0.491. The van der Waals surface area contributed by atoms with Gasteiger partial charge in [0.25, 0.3) is 0 Å². The molecule has 0 aromatic heterocycles. The topological polar surface area (TPSA) is 78.9 Å². The summed E-state index contributed by atoms with van der Waals surface area (Å²) >= 11 is 0. The maximum Gasteiger partial charge on any atom is 0.490 e. The molecule has 0 spiro atoms. The third-order valence-corrected chi connectivity index (χ3v) is 1.92. The Hall–Kier alpha value is -2.01. The van der Waals surface area contributed by atoms with Gasteiger partial charge < -0.3 is 14.2 Å². The average molecular weight is 310 g/mol. The van der Waals surface area contributed by atoms with Crippen molar-refractivity contribution in [3.8, 4) is 0 Å². The molecule has 20 heavy (non-hydrogen) atoms. The summed E-state index contributed by atoms with van der Waals surface area (Å²) in [5.41, 5.74) is 0. The average Bonchev–Trinajstić information content (AvgIpc) is 2.58. The highest BCUT2D eigenvalue weighted by Crippen LogP contribution is 2.24. The van der Waals surface area contributed by atoms with Crippen LogP contribution in [0.1, 0.15) is 0 Å². The molecule has 0 aromatic carbocycles. The van der Waals surface area contributed by atoms with Crippen LogP contribution in [-0.2, 0) is 28.6 Å². The second kappa shape index (κ2) is 5.17. The predicted molar refractivity (Wildman–Crippen MR) is 42.8 cm³/mol. The number of rotatable bonds is 2. The molecule has 1 aliphatic heterocycles. The third kappa shape index (κ3) is 3.74. The molecule has 114 valence electrons. The number of halogens is 6. The third-order valence-electron chi connectivity index (χ3n) is 1.92. The van der Waals surface area contributed by atoms with Crippen molar-refractivity contribution in [1.82, 2.24) is 0 Å². The Labute approximate surface area is 105 Å². The minimum Gasteiger partial charge on any atom is -0.459 e. The summed E-state index contributed by atoms with van der Waals surface area (Å²) in [5.74, 6) is -7.13. The highest BCUT2D eigenvalue weighted by molar-refractivity contribution is 5.84. The molecule has 0 amide bonds. The molecular formula is C8H4F6O6. The van der Waals surface area contributed by atoms with E-state index in [4.69, 9.17) is 0 Å². The van der Waals surface area contributed by atoms with Gasteiger partial charge in [-0.05, 0) is 0 Å². The summed E-state index contributed by atoms with van der Waals surface area (Å²) in [4.78, 5) is 31.9. The fourth-order valence-corrected chi connectivity index (χ4v) is 1.09. The molecular weight excluding hydrogens is 306 g/mol. The Bertz CT molecular complexity index is 426. The summed E-state index contributed by atoms with van der Waals surface area (Å²) < 4.78 is 82.8. The maximum absolute atomic E-state index is 11.9. The Balaban J connectivity index is 2.75. The highest BCUT2D eigenvalue weighted by Gasteiger charge is 2.51.